The lowest BCUT2D eigenvalue weighted by Crippen LogP contribution is -2.10. The van der Waals surface area contributed by atoms with Crippen LogP contribution in [0.5, 0.6) is 0 Å². The molecule has 0 aromatic carbocycles. The maximum Gasteiger partial charge on any atom is 0.111 e. The van der Waals surface area contributed by atoms with E-state index in [1.54, 1.807) is 6.92 Å². The summed E-state index contributed by atoms with van der Waals surface area (Å²) in [7, 11) is 0. The first kappa shape index (κ1) is 12.4. The predicted molar refractivity (Wildman–Crippen MR) is 48.2 cm³/mol. The Bertz CT molecular complexity index is 125. The lowest BCUT2D eigenvalue weighted by Gasteiger charge is -2.06. The van der Waals surface area contributed by atoms with Gasteiger partial charge in [-0.25, -0.2) is 0 Å². The maximum atomic E-state index is 8.37. The summed E-state index contributed by atoms with van der Waals surface area (Å²) in [5.41, 5.74) is 0. The van der Waals surface area contributed by atoms with Crippen molar-refractivity contribution in [1.29, 1.82) is 0 Å². The molecule has 0 aliphatic rings. The molecule has 0 saturated carbocycles. The van der Waals surface area contributed by atoms with Gasteiger partial charge in [-0.2, -0.15) is 0 Å². The van der Waals surface area contributed by atoms with Gasteiger partial charge in [-0.3, -0.25) is 0 Å². The van der Waals surface area contributed by atoms with Crippen LogP contribution in [-0.4, -0.2) is 44.7 Å². The molecule has 0 aromatic rings. The number of aliphatic hydroxyl groups excluding tert-OH is 1. The molecule has 4 heteroatoms. The zero-order chi connectivity index (χ0) is 9.94. The fraction of sp³-hybridized carbons (Fsp3) is 0.778. The van der Waals surface area contributed by atoms with E-state index in [4.69, 9.17) is 25.9 Å². The van der Waals surface area contributed by atoms with E-state index in [0.29, 0.717) is 38.8 Å². The highest BCUT2D eigenvalue weighted by Crippen LogP contribution is 1.88. The summed E-state index contributed by atoms with van der Waals surface area (Å²) in [4.78, 5) is 0. The van der Waals surface area contributed by atoms with Crippen LogP contribution in [0.4, 0.5) is 0 Å². The van der Waals surface area contributed by atoms with Crippen LogP contribution >= 0.6 is 0 Å². The molecule has 4 nitrogen and oxygen atoms in total. The standard InChI is InChI=1S/C9H17O4/c1-9(2)13-8-7-12-6-5-11-4-3-10/h1,10H,3-8H2,2H3. The van der Waals surface area contributed by atoms with Crippen LogP contribution in [-0.2, 0) is 14.2 Å². The zero-order valence-corrected chi connectivity index (χ0v) is 7.99. The third-order valence-corrected chi connectivity index (χ3v) is 1.17. The van der Waals surface area contributed by atoms with Crippen LogP contribution in [0.25, 0.3) is 0 Å². The van der Waals surface area contributed by atoms with Crippen LogP contribution in [0.2, 0.25) is 0 Å². The molecule has 0 unspecified atom stereocenters. The molecule has 1 radical (unpaired) electrons. The molecule has 0 aliphatic heterocycles. The van der Waals surface area contributed by atoms with Gasteiger partial charge in [-0.1, -0.05) is 0 Å². The zero-order valence-electron chi connectivity index (χ0n) is 7.99. The molecular weight excluding hydrogens is 172 g/mol. The summed E-state index contributed by atoms with van der Waals surface area (Å²) in [6, 6.07) is 0. The van der Waals surface area contributed by atoms with Crippen molar-refractivity contribution in [2.45, 2.75) is 6.92 Å². The number of ether oxygens (including phenoxy) is 3. The fourth-order valence-corrected chi connectivity index (χ4v) is 0.648. The van der Waals surface area contributed by atoms with Crippen LogP contribution in [0, 0.1) is 6.58 Å². The summed E-state index contributed by atoms with van der Waals surface area (Å²) in [6.07, 6.45) is 0. The van der Waals surface area contributed by atoms with Gasteiger partial charge < -0.3 is 19.3 Å². The Morgan fingerprint density at radius 3 is 2.15 bits per heavy atom. The van der Waals surface area contributed by atoms with Crippen molar-refractivity contribution in [1.82, 2.24) is 0 Å². The quantitative estimate of drug-likeness (QED) is 0.420. The fourth-order valence-electron chi connectivity index (χ4n) is 0.648. The van der Waals surface area contributed by atoms with Crippen molar-refractivity contribution in [2.24, 2.45) is 0 Å². The highest BCUT2D eigenvalue weighted by atomic mass is 16.5. The van der Waals surface area contributed by atoms with Gasteiger partial charge in [0.25, 0.3) is 0 Å². The van der Waals surface area contributed by atoms with Crippen molar-refractivity contribution in [3.05, 3.63) is 12.3 Å². The van der Waals surface area contributed by atoms with E-state index in [1.807, 2.05) is 0 Å². The average molecular weight is 189 g/mol. The second-order valence-electron chi connectivity index (χ2n) is 2.41. The van der Waals surface area contributed by atoms with Crippen molar-refractivity contribution in [3.63, 3.8) is 0 Å². The van der Waals surface area contributed by atoms with E-state index < -0.39 is 0 Å². The lowest BCUT2D eigenvalue weighted by molar-refractivity contribution is 0.0178. The number of allylic oxidation sites excluding steroid dienone is 1. The molecule has 0 aromatic heterocycles. The summed E-state index contributed by atoms with van der Waals surface area (Å²) < 4.78 is 15.1. The van der Waals surface area contributed by atoms with Crippen LogP contribution in [0.1, 0.15) is 6.92 Å². The molecule has 0 spiro atoms. The minimum atomic E-state index is 0.0461. The Labute approximate surface area is 79.1 Å². The summed E-state index contributed by atoms with van der Waals surface area (Å²) in [6.45, 7) is 9.30. The largest absolute Gasteiger partial charge is 0.496 e. The SMILES string of the molecule is [CH]=C(C)OCCOCCOCCO. The van der Waals surface area contributed by atoms with Crippen molar-refractivity contribution < 1.29 is 19.3 Å². The molecule has 0 fully saturated rings. The smallest absolute Gasteiger partial charge is 0.111 e. The Kier molecular flexibility index (Phi) is 9.08. The molecule has 0 heterocycles. The van der Waals surface area contributed by atoms with Crippen molar-refractivity contribution >= 4 is 0 Å². The van der Waals surface area contributed by atoms with Crippen molar-refractivity contribution in [2.75, 3.05) is 39.6 Å². The predicted octanol–water partition coefficient (Wildman–Crippen LogP) is 0.365. The molecule has 0 aliphatic carbocycles. The van der Waals surface area contributed by atoms with Gasteiger partial charge in [0.2, 0.25) is 0 Å². The van der Waals surface area contributed by atoms with E-state index in [2.05, 4.69) is 0 Å². The van der Waals surface area contributed by atoms with E-state index in [-0.39, 0.29) is 6.61 Å². The Balaban J connectivity index is 2.87. The number of hydrogen-bond acceptors (Lipinski definition) is 4. The van der Waals surface area contributed by atoms with E-state index in [9.17, 15) is 0 Å². The summed E-state index contributed by atoms with van der Waals surface area (Å²) in [5, 5.41) is 8.37. The molecular formula is C9H17O4. The minimum Gasteiger partial charge on any atom is -0.496 e. The average Bonchev–Trinajstić information content (AvgIpc) is 2.09. The molecule has 0 bridgehead atoms. The van der Waals surface area contributed by atoms with Crippen molar-refractivity contribution in [3.8, 4) is 0 Å². The van der Waals surface area contributed by atoms with Gasteiger partial charge in [-0.05, 0) is 13.5 Å². The molecule has 13 heavy (non-hydrogen) atoms. The van der Waals surface area contributed by atoms with Gasteiger partial charge in [0, 0.05) is 0 Å². The first-order valence-corrected chi connectivity index (χ1v) is 4.25. The third kappa shape index (κ3) is 11.4. The lowest BCUT2D eigenvalue weighted by atomic mass is 10.6. The van der Waals surface area contributed by atoms with E-state index in [1.165, 1.54) is 0 Å². The van der Waals surface area contributed by atoms with Gasteiger partial charge in [0.05, 0.1) is 38.8 Å². The van der Waals surface area contributed by atoms with E-state index in [0.717, 1.165) is 0 Å². The monoisotopic (exact) mass is 189 g/mol. The molecule has 0 atom stereocenters. The summed E-state index contributed by atoms with van der Waals surface area (Å²) >= 11 is 0. The highest BCUT2D eigenvalue weighted by molar-refractivity contribution is 4.68. The van der Waals surface area contributed by atoms with Crippen LogP contribution in [0.3, 0.4) is 0 Å². The van der Waals surface area contributed by atoms with Gasteiger partial charge in [-0.15, -0.1) is 0 Å². The second kappa shape index (κ2) is 9.51. The topological polar surface area (TPSA) is 47.9 Å². The second-order valence-corrected chi connectivity index (χ2v) is 2.41. The highest BCUT2D eigenvalue weighted by Gasteiger charge is 1.90. The van der Waals surface area contributed by atoms with Gasteiger partial charge in [0.15, 0.2) is 0 Å². The van der Waals surface area contributed by atoms with Crippen LogP contribution in [0.15, 0.2) is 5.76 Å². The van der Waals surface area contributed by atoms with Gasteiger partial charge in [0.1, 0.15) is 6.61 Å². The normalized spacial score (nSPS) is 10.0. The third-order valence-electron chi connectivity index (χ3n) is 1.17. The number of aliphatic hydroxyl groups is 1. The maximum absolute atomic E-state index is 8.37. The number of rotatable bonds is 9. The Morgan fingerprint density at radius 1 is 1.08 bits per heavy atom. The molecule has 0 saturated heterocycles. The number of hydrogen-bond donors (Lipinski definition) is 1. The molecule has 0 rings (SSSR count). The molecule has 77 valence electrons. The Morgan fingerprint density at radius 2 is 1.62 bits per heavy atom. The molecule has 1 N–H and O–H groups in total. The van der Waals surface area contributed by atoms with Gasteiger partial charge >= 0.3 is 0 Å². The molecule has 0 amide bonds. The minimum absolute atomic E-state index is 0.0461. The van der Waals surface area contributed by atoms with Crippen LogP contribution < -0.4 is 0 Å². The Hall–Kier alpha value is -0.580. The first-order valence-electron chi connectivity index (χ1n) is 4.25. The first-order chi connectivity index (χ1) is 6.27. The summed E-state index contributed by atoms with van der Waals surface area (Å²) in [5.74, 6) is 0.445. The van der Waals surface area contributed by atoms with E-state index >= 15 is 0 Å².